The number of carboxylic acids is 1. The van der Waals surface area contributed by atoms with Crippen LogP contribution in [0.5, 0.6) is 0 Å². The highest BCUT2D eigenvalue weighted by atomic mass is 19.1. The zero-order valence-corrected chi connectivity index (χ0v) is 10.7. The minimum Gasteiger partial charge on any atom is -0.478 e. The number of halogens is 1. The average molecular weight is 270 g/mol. The highest BCUT2D eigenvalue weighted by molar-refractivity contribution is 5.93. The molecule has 0 saturated heterocycles. The van der Waals surface area contributed by atoms with Crippen molar-refractivity contribution >= 4 is 17.0 Å². The molecule has 4 nitrogen and oxygen atoms in total. The van der Waals surface area contributed by atoms with Crippen LogP contribution in [0.3, 0.4) is 0 Å². The van der Waals surface area contributed by atoms with Gasteiger partial charge in [-0.25, -0.2) is 14.2 Å². The smallest absolute Gasteiger partial charge is 0.335 e. The molecule has 2 aromatic carbocycles. The first kappa shape index (κ1) is 12.3. The topological polar surface area (TPSA) is 55.1 Å². The summed E-state index contributed by atoms with van der Waals surface area (Å²) in [7, 11) is 0. The predicted octanol–water partition coefficient (Wildman–Crippen LogP) is 3.17. The standard InChI is InChI=1S/C15H11FN2O2/c1-9-17-13-7-2-10(15(19)20)8-14(13)18(9)12-5-3-11(16)4-6-12/h2-8H,1H3,(H,19,20). The van der Waals surface area contributed by atoms with Gasteiger partial charge in [-0.15, -0.1) is 0 Å². The quantitative estimate of drug-likeness (QED) is 0.778. The van der Waals surface area contributed by atoms with Crippen LogP contribution in [0, 0.1) is 12.7 Å². The van der Waals surface area contributed by atoms with Gasteiger partial charge in [-0.2, -0.15) is 0 Å². The lowest BCUT2D eigenvalue weighted by Crippen LogP contribution is -1.99. The maximum absolute atomic E-state index is 13.0. The van der Waals surface area contributed by atoms with Crippen molar-refractivity contribution in [3.63, 3.8) is 0 Å². The summed E-state index contributed by atoms with van der Waals surface area (Å²) in [5, 5.41) is 9.07. The lowest BCUT2D eigenvalue weighted by Gasteiger charge is -2.07. The zero-order valence-electron chi connectivity index (χ0n) is 10.7. The van der Waals surface area contributed by atoms with E-state index in [4.69, 9.17) is 5.11 Å². The first-order valence-electron chi connectivity index (χ1n) is 6.04. The second kappa shape index (κ2) is 4.45. The molecule has 1 N–H and O–H groups in total. The van der Waals surface area contributed by atoms with Gasteiger partial charge in [0.15, 0.2) is 0 Å². The molecule has 1 aromatic heterocycles. The Kier molecular flexibility index (Phi) is 2.75. The molecule has 0 unspecified atom stereocenters. The van der Waals surface area contributed by atoms with Gasteiger partial charge in [0.1, 0.15) is 11.6 Å². The van der Waals surface area contributed by atoms with Crippen molar-refractivity contribution in [3.05, 3.63) is 59.7 Å². The molecule has 0 radical (unpaired) electrons. The molecule has 3 aromatic rings. The number of imidazole rings is 1. The maximum atomic E-state index is 13.0. The van der Waals surface area contributed by atoms with Crippen molar-refractivity contribution in [1.29, 1.82) is 0 Å². The summed E-state index contributed by atoms with van der Waals surface area (Å²) in [5.74, 6) is -0.590. The Morgan fingerprint density at radius 1 is 1.20 bits per heavy atom. The Morgan fingerprint density at radius 2 is 1.90 bits per heavy atom. The van der Waals surface area contributed by atoms with Crippen LogP contribution >= 0.6 is 0 Å². The van der Waals surface area contributed by atoms with E-state index in [1.54, 1.807) is 28.8 Å². The van der Waals surface area contributed by atoms with Gasteiger partial charge in [-0.3, -0.25) is 4.57 Å². The van der Waals surface area contributed by atoms with Gasteiger partial charge in [-0.05, 0) is 49.4 Å². The number of hydrogen-bond donors (Lipinski definition) is 1. The average Bonchev–Trinajstić information content (AvgIpc) is 2.75. The molecule has 100 valence electrons. The monoisotopic (exact) mass is 270 g/mol. The predicted molar refractivity (Wildman–Crippen MR) is 72.7 cm³/mol. The number of fused-ring (bicyclic) bond motifs is 1. The summed E-state index contributed by atoms with van der Waals surface area (Å²) in [5.41, 5.74) is 2.33. The van der Waals surface area contributed by atoms with Crippen LogP contribution in [0.2, 0.25) is 0 Å². The van der Waals surface area contributed by atoms with Crippen LogP contribution in [0.15, 0.2) is 42.5 Å². The Hall–Kier alpha value is -2.69. The summed E-state index contributed by atoms with van der Waals surface area (Å²) in [4.78, 5) is 15.5. The van der Waals surface area contributed by atoms with E-state index >= 15 is 0 Å². The van der Waals surface area contributed by atoms with Crippen LogP contribution in [0.1, 0.15) is 16.2 Å². The maximum Gasteiger partial charge on any atom is 0.335 e. The third kappa shape index (κ3) is 1.93. The number of aryl methyl sites for hydroxylation is 1. The third-order valence-corrected chi connectivity index (χ3v) is 3.15. The molecule has 1 heterocycles. The zero-order chi connectivity index (χ0) is 14.3. The number of benzene rings is 2. The molecular formula is C15H11FN2O2. The van der Waals surface area contributed by atoms with E-state index in [-0.39, 0.29) is 11.4 Å². The van der Waals surface area contributed by atoms with Gasteiger partial charge < -0.3 is 5.11 Å². The normalized spacial score (nSPS) is 10.9. The number of carboxylic acid groups (broad SMARTS) is 1. The summed E-state index contributed by atoms with van der Waals surface area (Å²) in [6.45, 7) is 1.82. The Balaban J connectivity index is 2.28. The Bertz CT molecular complexity index is 807. The third-order valence-electron chi connectivity index (χ3n) is 3.15. The van der Waals surface area contributed by atoms with Crippen molar-refractivity contribution in [1.82, 2.24) is 9.55 Å². The molecule has 0 fully saturated rings. The molecule has 0 aliphatic rings. The minimum atomic E-state index is -0.989. The number of rotatable bonds is 2. The van der Waals surface area contributed by atoms with E-state index in [2.05, 4.69) is 4.98 Å². The molecule has 5 heteroatoms. The molecule has 0 spiro atoms. The molecule has 0 amide bonds. The molecule has 0 saturated carbocycles. The minimum absolute atomic E-state index is 0.195. The number of aromatic carboxylic acids is 1. The van der Waals surface area contributed by atoms with E-state index in [0.717, 1.165) is 5.69 Å². The second-order valence-electron chi connectivity index (χ2n) is 4.48. The number of carbonyl (C=O) groups is 1. The first-order valence-corrected chi connectivity index (χ1v) is 6.04. The van der Waals surface area contributed by atoms with E-state index in [1.807, 2.05) is 6.92 Å². The fourth-order valence-corrected chi connectivity index (χ4v) is 2.24. The van der Waals surface area contributed by atoms with E-state index < -0.39 is 5.97 Å². The van der Waals surface area contributed by atoms with Gasteiger partial charge in [0.05, 0.1) is 16.6 Å². The van der Waals surface area contributed by atoms with Gasteiger partial charge >= 0.3 is 5.97 Å². The van der Waals surface area contributed by atoms with Crippen LogP contribution in [0.25, 0.3) is 16.7 Å². The molecule has 20 heavy (non-hydrogen) atoms. The Morgan fingerprint density at radius 3 is 2.55 bits per heavy atom. The lowest BCUT2D eigenvalue weighted by atomic mass is 10.2. The fourth-order valence-electron chi connectivity index (χ4n) is 2.24. The first-order chi connectivity index (χ1) is 9.56. The van der Waals surface area contributed by atoms with Gasteiger partial charge in [0.25, 0.3) is 0 Å². The van der Waals surface area contributed by atoms with Crippen molar-refractivity contribution in [2.24, 2.45) is 0 Å². The van der Waals surface area contributed by atoms with Crippen LogP contribution in [0.4, 0.5) is 4.39 Å². The molecule has 3 rings (SSSR count). The summed E-state index contributed by atoms with van der Waals surface area (Å²) >= 11 is 0. The van der Waals surface area contributed by atoms with Gasteiger partial charge in [0.2, 0.25) is 0 Å². The van der Waals surface area contributed by atoms with Crippen molar-refractivity contribution in [2.45, 2.75) is 6.92 Å². The van der Waals surface area contributed by atoms with Crippen LogP contribution in [-0.2, 0) is 0 Å². The highest BCUT2D eigenvalue weighted by Gasteiger charge is 2.12. The lowest BCUT2D eigenvalue weighted by molar-refractivity contribution is 0.0697. The van der Waals surface area contributed by atoms with Crippen molar-refractivity contribution < 1.29 is 14.3 Å². The van der Waals surface area contributed by atoms with Crippen LogP contribution < -0.4 is 0 Å². The van der Waals surface area contributed by atoms with E-state index in [0.29, 0.717) is 16.9 Å². The summed E-state index contributed by atoms with van der Waals surface area (Å²) in [6, 6.07) is 10.8. The number of aromatic nitrogens is 2. The van der Waals surface area contributed by atoms with Crippen LogP contribution in [-0.4, -0.2) is 20.6 Å². The van der Waals surface area contributed by atoms with Crippen molar-refractivity contribution in [3.8, 4) is 5.69 Å². The summed E-state index contributed by atoms with van der Waals surface area (Å²) < 4.78 is 14.8. The molecule has 0 aliphatic heterocycles. The molecule has 0 aliphatic carbocycles. The number of hydrogen-bond acceptors (Lipinski definition) is 2. The van der Waals surface area contributed by atoms with E-state index in [1.165, 1.54) is 18.2 Å². The van der Waals surface area contributed by atoms with Crippen molar-refractivity contribution in [2.75, 3.05) is 0 Å². The molecule has 0 bridgehead atoms. The Labute approximate surface area is 114 Å². The second-order valence-corrected chi connectivity index (χ2v) is 4.48. The van der Waals surface area contributed by atoms with Gasteiger partial charge in [-0.1, -0.05) is 0 Å². The van der Waals surface area contributed by atoms with E-state index in [9.17, 15) is 9.18 Å². The van der Waals surface area contributed by atoms with Gasteiger partial charge in [0, 0.05) is 5.69 Å². The number of nitrogens with zero attached hydrogens (tertiary/aromatic N) is 2. The molecule has 0 atom stereocenters. The fraction of sp³-hybridized carbons (Fsp3) is 0.0667. The molecular weight excluding hydrogens is 259 g/mol. The SMILES string of the molecule is Cc1nc2ccc(C(=O)O)cc2n1-c1ccc(F)cc1. The largest absolute Gasteiger partial charge is 0.478 e. The summed E-state index contributed by atoms with van der Waals surface area (Å²) in [6.07, 6.45) is 0. The highest BCUT2D eigenvalue weighted by Crippen LogP contribution is 2.22.